The van der Waals surface area contributed by atoms with Crippen molar-refractivity contribution in [3.8, 4) is 0 Å². The van der Waals surface area contributed by atoms with Gasteiger partial charge in [-0.3, -0.25) is 0 Å². The van der Waals surface area contributed by atoms with Gasteiger partial charge in [-0.05, 0) is 40.0 Å². The van der Waals surface area contributed by atoms with Crippen molar-refractivity contribution < 1.29 is 4.74 Å². The van der Waals surface area contributed by atoms with Gasteiger partial charge in [0.15, 0.2) is 0 Å². The molecule has 0 aliphatic carbocycles. The highest BCUT2D eigenvalue weighted by Crippen LogP contribution is 2.43. The summed E-state index contributed by atoms with van der Waals surface area (Å²) in [6.45, 7) is 15.7. The second-order valence-corrected chi connectivity index (χ2v) is 6.79. The van der Waals surface area contributed by atoms with E-state index in [1.54, 1.807) is 0 Å². The quantitative estimate of drug-likeness (QED) is 0.794. The molecule has 0 aromatic rings. The first-order valence-electron chi connectivity index (χ1n) is 7.18. The zero-order valence-corrected chi connectivity index (χ0v) is 12.6. The summed E-state index contributed by atoms with van der Waals surface area (Å²) in [5.74, 6) is 0.736. The van der Waals surface area contributed by atoms with Crippen LogP contribution in [0, 0.1) is 11.3 Å². The fraction of sp³-hybridized carbons (Fsp3) is 1.00. The van der Waals surface area contributed by atoms with Crippen LogP contribution in [0.3, 0.4) is 0 Å². The van der Waals surface area contributed by atoms with Crippen LogP contribution in [-0.2, 0) is 4.74 Å². The summed E-state index contributed by atoms with van der Waals surface area (Å²) in [6.07, 6.45) is 4.17. The molecule has 1 aliphatic rings. The third kappa shape index (κ3) is 3.69. The van der Waals surface area contributed by atoms with E-state index in [1.807, 2.05) is 0 Å². The first-order chi connectivity index (χ1) is 7.82. The molecule has 1 fully saturated rings. The molecular weight excluding hydrogens is 210 g/mol. The van der Waals surface area contributed by atoms with Crippen LogP contribution in [0.15, 0.2) is 0 Å². The number of hydrogen-bond donors (Lipinski definition) is 1. The highest BCUT2D eigenvalue weighted by molar-refractivity contribution is 4.96. The Bertz CT molecular complexity index is 234. The molecule has 3 atom stereocenters. The second-order valence-electron chi connectivity index (χ2n) is 6.79. The van der Waals surface area contributed by atoms with E-state index in [9.17, 15) is 0 Å². The Morgan fingerprint density at radius 3 is 2.47 bits per heavy atom. The molecule has 2 heteroatoms. The summed E-state index contributed by atoms with van der Waals surface area (Å²) in [6, 6.07) is 0. The summed E-state index contributed by atoms with van der Waals surface area (Å²) in [5, 5.41) is 3.69. The molecule has 1 rings (SSSR count). The summed E-state index contributed by atoms with van der Waals surface area (Å²) in [5.41, 5.74) is 0.532. The molecule has 0 aromatic heterocycles. The average molecular weight is 241 g/mol. The van der Waals surface area contributed by atoms with Gasteiger partial charge in [0.25, 0.3) is 0 Å². The molecule has 3 unspecified atom stereocenters. The largest absolute Gasteiger partial charge is 0.378 e. The van der Waals surface area contributed by atoms with Gasteiger partial charge in [0.2, 0.25) is 0 Å². The topological polar surface area (TPSA) is 21.3 Å². The number of hydrogen-bond acceptors (Lipinski definition) is 2. The zero-order chi connectivity index (χ0) is 13.1. The molecule has 0 saturated carbocycles. The van der Waals surface area contributed by atoms with Gasteiger partial charge in [-0.2, -0.15) is 0 Å². The first-order valence-corrected chi connectivity index (χ1v) is 7.18. The van der Waals surface area contributed by atoms with E-state index in [1.165, 1.54) is 19.3 Å². The van der Waals surface area contributed by atoms with E-state index in [0.717, 1.165) is 19.1 Å². The van der Waals surface area contributed by atoms with E-state index in [-0.39, 0.29) is 5.54 Å². The van der Waals surface area contributed by atoms with Crippen LogP contribution in [0.2, 0.25) is 0 Å². The Kier molecular flexibility index (Phi) is 5.03. The fourth-order valence-corrected chi connectivity index (χ4v) is 3.00. The summed E-state index contributed by atoms with van der Waals surface area (Å²) in [7, 11) is 0. The first kappa shape index (κ1) is 15.0. The van der Waals surface area contributed by atoms with Crippen molar-refractivity contribution >= 4 is 0 Å². The molecule has 0 radical (unpaired) electrons. The van der Waals surface area contributed by atoms with E-state index >= 15 is 0 Å². The monoisotopic (exact) mass is 241 g/mol. The van der Waals surface area contributed by atoms with Crippen molar-refractivity contribution in [3.63, 3.8) is 0 Å². The van der Waals surface area contributed by atoms with Gasteiger partial charge in [0, 0.05) is 24.1 Å². The average Bonchev–Trinajstić information content (AvgIpc) is 2.57. The SMILES string of the molecule is CCCC(C)C1(CNC(C)(C)C)CCOC1C. The standard InChI is InChI=1S/C15H31NO/c1-7-8-12(2)15(9-10-17-13(15)3)11-16-14(4,5)6/h12-13,16H,7-11H2,1-6H3. The lowest BCUT2D eigenvalue weighted by molar-refractivity contribution is 0.0261. The number of ether oxygens (including phenoxy) is 1. The highest BCUT2D eigenvalue weighted by atomic mass is 16.5. The second kappa shape index (κ2) is 5.71. The van der Waals surface area contributed by atoms with Crippen molar-refractivity contribution in [2.24, 2.45) is 11.3 Å². The van der Waals surface area contributed by atoms with Crippen LogP contribution in [-0.4, -0.2) is 24.8 Å². The minimum absolute atomic E-state index is 0.196. The fourth-order valence-electron chi connectivity index (χ4n) is 3.00. The molecule has 1 saturated heterocycles. The lowest BCUT2D eigenvalue weighted by Gasteiger charge is -2.40. The third-order valence-electron chi connectivity index (χ3n) is 4.40. The Balaban J connectivity index is 2.72. The Morgan fingerprint density at radius 1 is 1.41 bits per heavy atom. The van der Waals surface area contributed by atoms with Crippen molar-refractivity contribution in [1.82, 2.24) is 5.32 Å². The Morgan fingerprint density at radius 2 is 2.06 bits per heavy atom. The van der Waals surface area contributed by atoms with Gasteiger partial charge in [-0.25, -0.2) is 0 Å². The molecule has 2 nitrogen and oxygen atoms in total. The maximum Gasteiger partial charge on any atom is 0.0618 e. The van der Waals surface area contributed by atoms with Crippen LogP contribution in [0.1, 0.15) is 60.8 Å². The van der Waals surface area contributed by atoms with Crippen LogP contribution in [0.5, 0.6) is 0 Å². The molecule has 1 aliphatic heterocycles. The minimum Gasteiger partial charge on any atom is -0.378 e. The van der Waals surface area contributed by atoms with E-state index in [2.05, 4.69) is 46.9 Å². The normalized spacial score (nSPS) is 31.8. The molecule has 0 amide bonds. The molecular formula is C15H31NO. The van der Waals surface area contributed by atoms with Crippen molar-refractivity contribution in [1.29, 1.82) is 0 Å². The van der Waals surface area contributed by atoms with Gasteiger partial charge in [0.1, 0.15) is 0 Å². The molecule has 102 valence electrons. The lowest BCUT2D eigenvalue weighted by Crippen LogP contribution is -2.49. The van der Waals surface area contributed by atoms with Crippen LogP contribution in [0.25, 0.3) is 0 Å². The van der Waals surface area contributed by atoms with Gasteiger partial charge >= 0.3 is 0 Å². The number of rotatable bonds is 5. The van der Waals surface area contributed by atoms with E-state index in [4.69, 9.17) is 4.74 Å². The van der Waals surface area contributed by atoms with Crippen molar-refractivity contribution in [3.05, 3.63) is 0 Å². The smallest absolute Gasteiger partial charge is 0.0618 e. The van der Waals surface area contributed by atoms with E-state index in [0.29, 0.717) is 11.5 Å². The molecule has 0 bridgehead atoms. The predicted octanol–water partition coefficient (Wildman–Crippen LogP) is 3.61. The van der Waals surface area contributed by atoms with Gasteiger partial charge < -0.3 is 10.1 Å². The van der Waals surface area contributed by atoms with E-state index < -0.39 is 0 Å². The van der Waals surface area contributed by atoms with Gasteiger partial charge in [-0.1, -0.05) is 26.7 Å². The zero-order valence-electron chi connectivity index (χ0n) is 12.6. The third-order valence-corrected chi connectivity index (χ3v) is 4.40. The van der Waals surface area contributed by atoms with Gasteiger partial charge in [-0.15, -0.1) is 0 Å². The molecule has 1 heterocycles. The Hall–Kier alpha value is -0.0800. The Labute approximate surface area is 108 Å². The number of nitrogens with one attached hydrogen (secondary N) is 1. The minimum atomic E-state index is 0.196. The molecule has 0 spiro atoms. The van der Waals surface area contributed by atoms with Crippen LogP contribution < -0.4 is 5.32 Å². The summed E-state index contributed by atoms with van der Waals surface area (Å²) < 4.78 is 5.86. The molecule has 1 N–H and O–H groups in total. The van der Waals surface area contributed by atoms with Crippen LogP contribution >= 0.6 is 0 Å². The maximum absolute atomic E-state index is 5.86. The molecule has 0 aromatic carbocycles. The summed E-state index contributed by atoms with van der Waals surface area (Å²) >= 11 is 0. The molecule has 17 heavy (non-hydrogen) atoms. The highest BCUT2D eigenvalue weighted by Gasteiger charge is 2.45. The van der Waals surface area contributed by atoms with Crippen molar-refractivity contribution in [2.45, 2.75) is 72.4 Å². The van der Waals surface area contributed by atoms with Crippen molar-refractivity contribution in [2.75, 3.05) is 13.2 Å². The summed E-state index contributed by atoms with van der Waals surface area (Å²) in [4.78, 5) is 0. The predicted molar refractivity (Wildman–Crippen MR) is 74.3 cm³/mol. The van der Waals surface area contributed by atoms with Crippen LogP contribution in [0.4, 0.5) is 0 Å². The van der Waals surface area contributed by atoms with Gasteiger partial charge in [0.05, 0.1) is 6.10 Å². The lowest BCUT2D eigenvalue weighted by atomic mass is 9.69. The maximum atomic E-state index is 5.86.